The van der Waals surface area contributed by atoms with Gasteiger partial charge >= 0.3 is 11.9 Å². The molecule has 2 rings (SSSR count). The summed E-state index contributed by atoms with van der Waals surface area (Å²) in [5.74, 6) is -4.05. The molecule has 12 heteroatoms. The summed E-state index contributed by atoms with van der Waals surface area (Å²) >= 11 is 0. The standard InChI is InChI=1S/C16H23FN2O3.C4H6O6/c1-10-6-11(17)4-5-13(10)16(2,3)19-15(21)14-7-18-12(8-20)9-22-14;5-1(3(7)8)2(6)4(9)10/h4-6,12,14,18,20H,7-9H2,1-3H3,(H,19,21);1-2,5-6H,(H,7,8)(H,9,10)/t12-,14+;1-,2-/m11/s1. The molecule has 0 saturated carbocycles. The molecule has 11 nitrogen and oxygen atoms in total. The van der Waals surface area contributed by atoms with E-state index in [0.717, 1.165) is 11.1 Å². The van der Waals surface area contributed by atoms with Gasteiger partial charge in [0.1, 0.15) is 11.9 Å². The summed E-state index contributed by atoms with van der Waals surface area (Å²) in [5.41, 5.74) is 1.01. The van der Waals surface area contributed by atoms with Gasteiger partial charge in [0.25, 0.3) is 5.91 Å². The second-order valence-corrected chi connectivity index (χ2v) is 7.75. The van der Waals surface area contributed by atoms with Crippen molar-refractivity contribution in [3.63, 3.8) is 0 Å². The van der Waals surface area contributed by atoms with Crippen LogP contribution in [0, 0.1) is 12.7 Å². The molecule has 180 valence electrons. The molecule has 1 aromatic carbocycles. The van der Waals surface area contributed by atoms with Crippen LogP contribution in [0.2, 0.25) is 0 Å². The highest BCUT2D eigenvalue weighted by atomic mass is 19.1. The van der Waals surface area contributed by atoms with Crippen molar-refractivity contribution in [2.45, 2.75) is 50.7 Å². The first-order chi connectivity index (χ1) is 14.8. The van der Waals surface area contributed by atoms with E-state index in [1.54, 1.807) is 6.07 Å². The molecule has 0 aliphatic carbocycles. The van der Waals surface area contributed by atoms with E-state index < -0.39 is 35.8 Å². The number of morpholine rings is 1. The molecule has 1 aliphatic heterocycles. The second-order valence-electron chi connectivity index (χ2n) is 7.75. The van der Waals surface area contributed by atoms with Gasteiger partial charge in [-0.25, -0.2) is 14.0 Å². The van der Waals surface area contributed by atoms with Crippen LogP contribution in [0.15, 0.2) is 18.2 Å². The maximum atomic E-state index is 13.2. The van der Waals surface area contributed by atoms with Gasteiger partial charge in [-0.2, -0.15) is 0 Å². The normalized spacial score (nSPS) is 20.3. The number of nitrogens with one attached hydrogen (secondary N) is 2. The number of hydrogen-bond acceptors (Lipinski definition) is 8. The minimum atomic E-state index is -2.27. The smallest absolute Gasteiger partial charge is 0.335 e. The largest absolute Gasteiger partial charge is 0.479 e. The molecular weight excluding hydrogens is 431 g/mol. The highest BCUT2D eigenvalue weighted by Crippen LogP contribution is 2.24. The molecule has 0 unspecified atom stereocenters. The number of aliphatic carboxylic acids is 2. The Hall–Kier alpha value is -2.64. The van der Waals surface area contributed by atoms with Crippen molar-refractivity contribution in [3.05, 3.63) is 35.1 Å². The number of amides is 1. The highest BCUT2D eigenvalue weighted by molar-refractivity contribution is 5.83. The van der Waals surface area contributed by atoms with Crippen molar-refractivity contribution in [1.29, 1.82) is 0 Å². The number of aryl methyl sites for hydroxylation is 1. The van der Waals surface area contributed by atoms with Crippen LogP contribution in [0.4, 0.5) is 4.39 Å². The van der Waals surface area contributed by atoms with Crippen LogP contribution in [0.25, 0.3) is 0 Å². The monoisotopic (exact) mass is 460 g/mol. The summed E-state index contributed by atoms with van der Waals surface area (Å²) < 4.78 is 18.7. The predicted octanol–water partition coefficient (Wildman–Crippen LogP) is -1.29. The molecule has 1 aliphatic rings. The van der Waals surface area contributed by atoms with Crippen molar-refractivity contribution in [3.8, 4) is 0 Å². The number of benzene rings is 1. The van der Waals surface area contributed by atoms with Gasteiger partial charge in [-0.3, -0.25) is 4.79 Å². The Morgan fingerprint density at radius 1 is 1.22 bits per heavy atom. The number of carbonyl (C=O) groups is 3. The minimum Gasteiger partial charge on any atom is -0.479 e. The molecule has 0 radical (unpaired) electrons. The Kier molecular flexibility index (Phi) is 10.1. The topological polar surface area (TPSA) is 186 Å². The molecule has 7 N–H and O–H groups in total. The quantitative estimate of drug-likeness (QED) is 0.258. The Labute approximate surface area is 183 Å². The Balaban J connectivity index is 0.000000433. The van der Waals surface area contributed by atoms with E-state index in [9.17, 15) is 18.8 Å². The zero-order chi connectivity index (χ0) is 24.6. The molecule has 1 amide bonds. The maximum Gasteiger partial charge on any atom is 0.335 e. The molecule has 1 saturated heterocycles. The van der Waals surface area contributed by atoms with Crippen molar-refractivity contribution in [1.82, 2.24) is 10.6 Å². The molecule has 1 heterocycles. The molecule has 4 atom stereocenters. The number of carboxylic acid groups (broad SMARTS) is 2. The number of aliphatic hydroxyl groups excluding tert-OH is 3. The average molecular weight is 460 g/mol. The number of carbonyl (C=O) groups excluding carboxylic acids is 1. The highest BCUT2D eigenvalue weighted by Gasteiger charge is 2.32. The van der Waals surface area contributed by atoms with Gasteiger partial charge in [0.15, 0.2) is 12.2 Å². The Morgan fingerprint density at radius 2 is 1.78 bits per heavy atom. The number of ether oxygens (including phenoxy) is 1. The summed E-state index contributed by atoms with van der Waals surface area (Å²) in [7, 11) is 0. The van der Waals surface area contributed by atoms with Crippen molar-refractivity contribution in [2.24, 2.45) is 0 Å². The van der Waals surface area contributed by atoms with Crippen molar-refractivity contribution >= 4 is 17.8 Å². The third-order valence-corrected chi connectivity index (χ3v) is 4.71. The van der Waals surface area contributed by atoms with Crippen LogP contribution in [0.3, 0.4) is 0 Å². The summed E-state index contributed by atoms with van der Waals surface area (Å²) in [6.07, 6.45) is -5.13. The van der Waals surface area contributed by atoms with Crippen LogP contribution in [-0.4, -0.2) is 87.5 Å². The zero-order valence-corrected chi connectivity index (χ0v) is 17.9. The van der Waals surface area contributed by atoms with Crippen LogP contribution in [-0.2, 0) is 24.7 Å². The van der Waals surface area contributed by atoms with E-state index in [0.29, 0.717) is 13.2 Å². The molecule has 32 heavy (non-hydrogen) atoms. The van der Waals surface area contributed by atoms with Crippen LogP contribution < -0.4 is 10.6 Å². The van der Waals surface area contributed by atoms with E-state index in [1.807, 2.05) is 20.8 Å². The number of carboxylic acids is 2. The molecule has 1 fully saturated rings. The molecule has 0 spiro atoms. The van der Waals surface area contributed by atoms with E-state index in [2.05, 4.69) is 10.6 Å². The van der Waals surface area contributed by atoms with E-state index >= 15 is 0 Å². The SMILES string of the molecule is Cc1cc(F)ccc1C(C)(C)NC(=O)[C@@H]1CN[C@H](CO)CO1.O=C(O)[C@H](O)[C@@H](O)C(=O)O. The van der Waals surface area contributed by atoms with Gasteiger partial charge in [0.2, 0.25) is 0 Å². The van der Waals surface area contributed by atoms with Gasteiger partial charge in [0.05, 0.1) is 24.8 Å². The molecule has 0 bridgehead atoms. The van der Waals surface area contributed by atoms with Gasteiger partial charge in [-0.05, 0) is 44.0 Å². The third-order valence-electron chi connectivity index (χ3n) is 4.71. The van der Waals surface area contributed by atoms with E-state index in [4.69, 9.17) is 30.3 Å². The first-order valence-electron chi connectivity index (χ1n) is 9.66. The van der Waals surface area contributed by atoms with Gasteiger partial charge < -0.3 is 40.9 Å². The minimum absolute atomic E-state index is 0.0192. The van der Waals surface area contributed by atoms with E-state index in [-0.39, 0.29) is 24.4 Å². The summed E-state index contributed by atoms with van der Waals surface area (Å²) in [4.78, 5) is 31.9. The zero-order valence-electron chi connectivity index (χ0n) is 17.9. The first kappa shape index (κ1) is 27.4. The number of hydrogen-bond donors (Lipinski definition) is 7. The summed E-state index contributed by atoms with van der Waals surface area (Å²) in [6, 6.07) is 4.40. The predicted molar refractivity (Wildman–Crippen MR) is 108 cm³/mol. The fourth-order valence-corrected chi connectivity index (χ4v) is 2.96. The van der Waals surface area contributed by atoms with E-state index in [1.165, 1.54) is 12.1 Å². The number of aliphatic hydroxyl groups is 3. The number of rotatable bonds is 7. The lowest BCUT2D eigenvalue weighted by Gasteiger charge is -2.33. The first-order valence-corrected chi connectivity index (χ1v) is 9.66. The van der Waals surface area contributed by atoms with Gasteiger partial charge in [-0.1, -0.05) is 6.07 Å². The second kappa shape index (κ2) is 11.8. The van der Waals surface area contributed by atoms with Crippen LogP contribution in [0.5, 0.6) is 0 Å². The van der Waals surface area contributed by atoms with Crippen molar-refractivity contribution in [2.75, 3.05) is 19.8 Å². The lowest BCUT2D eigenvalue weighted by Crippen LogP contribution is -2.56. The van der Waals surface area contributed by atoms with Crippen LogP contribution >= 0.6 is 0 Å². The Morgan fingerprint density at radius 3 is 2.19 bits per heavy atom. The number of halogens is 1. The fourth-order valence-electron chi connectivity index (χ4n) is 2.96. The van der Waals surface area contributed by atoms with Crippen molar-refractivity contribution < 1.29 is 49.0 Å². The summed E-state index contributed by atoms with van der Waals surface area (Å²) in [6.45, 7) is 6.20. The lowest BCUT2D eigenvalue weighted by atomic mass is 9.90. The fraction of sp³-hybridized carbons (Fsp3) is 0.550. The Bertz CT molecular complexity index is 792. The lowest BCUT2D eigenvalue weighted by molar-refractivity contribution is -0.165. The van der Waals surface area contributed by atoms with Gasteiger partial charge in [0, 0.05) is 6.54 Å². The van der Waals surface area contributed by atoms with Crippen LogP contribution in [0.1, 0.15) is 25.0 Å². The molecule has 0 aromatic heterocycles. The van der Waals surface area contributed by atoms with Gasteiger partial charge in [-0.15, -0.1) is 0 Å². The summed E-state index contributed by atoms with van der Waals surface area (Å²) in [5, 5.41) is 47.6. The molecular formula is C20H29FN2O9. The molecule has 1 aromatic rings. The maximum absolute atomic E-state index is 13.2. The third kappa shape index (κ3) is 7.80. The average Bonchev–Trinajstić information content (AvgIpc) is 2.72.